The van der Waals surface area contributed by atoms with Crippen molar-refractivity contribution in [2.45, 2.75) is 31.2 Å². The highest BCUT2D eigenvalue weighted by atomic mass is 16.5. The Bertz CT molecular complexity index is 316. The number of carboxylic acid groups (broad SMARTS) is 1. The Morgan fingerprint density at radius 3 is 2.58 bits per heavy atom. The first-order valence-corrected chi connectivity index (χ1v) is 7.27. The van der Waals surface area contributed by atoms with Crippen LogP contribution in [0.1, 0.15) is 25.7 Å². The maximum atomic E-state index is 11.6. The van der Waals surface area contributed by atoms with E-state index in [9.17, 15) is 9.90 Å². The summed E-state index contributed by atoms with van der Waals surface area (Å²) in [4.78, 5) is 13.6. The molecule has 0 aliphatic heterocycles. The van der Waals surface area contributed by atoms with E-state index in [1.54, 1.807) is 7.05 Å². The third kappa shape index (κ3) is 3.91. The number of hydrogen-bond acceptors (Lipinski definition) is 4. The largest absolute Gasteiger partial charge is 0.480 e. The lowest BCUT2D eigenvalue weighted by Gasteiger charge is -2.33. The summed E-state index contributed by atoms with van der Waals surface area (Å²) in [5.74, 6) is 0.320. The van der Waals surface area contributed by atoms with Gasteiger partial charge in [0.15, 0.2) is 0 Å². The minimum absolute atomic E-state index is 0.268. The van der Waals surface area contributed by atoms with Gasteiger partial charge in [0.25, 0.3) is 0 Å². The molecule has 110 valence electrons. The van der Waals surface area contributed by atoms with Crippen molar-refractivity contribution in [1.82, 2.24) is 10.2 Å². The van der Waals surface area contributed by atoms with Gasteiger partial charge in [0.05, 0.1) is 6.61 Å². The van der Waals surface area contributed by atoms with Crippen LogP contribution in [0.25, 0.3) is 0 Å². The number of hydrogen-bond donors (Lipinski definition) is 2. The minimum atomic E-state index is -0.786. The zero-order valence-corrected chi connectivity index (χ0v) is 12.0. The van der Waals surface area contributed by atoms with Crippen molar-refractivity contribution in [3.05, 3.63) is 0 Å². The fourth-order valence-corrected chi connectivity index (χ4v) is 2.60. The first kappa shape index (κ1) is 14.8. The second-order valence-corrected chi connectivity index (χ2v) is 6.06. The number of nitrogens with zero attached hydrogens (tertiary/aromatic N) is 1. The van der Waals surface area contributed by atoms with Crippen molar-refractivity contribution < 1.29 is 14.6 Å². The molecule has 5 heteroatoms. The minimum Gasteiger partial charge on any atom is -0.480 e. The van der Waals surface area contributed by atoms with Gasteiger partial charge in [-0.2, -0.15) is 0 Å². The number of likely N-dealkylation sites (N-methyl/N-ethyl adjacent to an activating group) is 2. The lowest BCUT2D eigenvalue weighted by Crippen LogP contribution is -2.59. The van der Waals surface area contributed by atoms with Gasteiger partial charge in [-0.15, -0.1) is 0 Å². The zero-order chi connectivity index (χ0) is 13.9. The van der Waals surface area contributed by atoms with Crippen LogP contribution >= 0.6 is 0 Å². The Labute approximate surface area is 115 Å². The van der Waals surface area contributed by atoms with Gasteiger partial charge in [-0.1, -0.05) is 0 Å². The van der Waals surface area contributed by atoms with E-state index in [1.165, 1.54) is 12.8 Å². The van der Waals surface area contributed by atoms with E-state index in [4.69, 9.17) is 4.74 Å². The standard InChI is InChI=1S/C14H26N2O3/c1-15-14(13(17)18,12-5-6-12)10-16(2)7-8-19-9-11-3-4-11/h11-12,15H,3-10H2,1-2H3,(H,17,18). The van der Waals surface area contributed by atoms with Crippen LogP contribution < -0.4 is 5.32 Å². The van der Waals surface area contributed by atoms with Crippen molar-refractivity contribution in [2.75, 3.05) is 40.4 Å². The van der Waals surface area contributed by atoms with E-state index < -0.39 is 11.5 Å². The first-order chi connectivity index (χ1) is 9.08. The highest BCUT2D eigenvalue weighted by molar-refractivity contribution is 5.80. The van der Waals surface area contributed by atoms with Crippen LogP contribution in [0.5, 0.6) is 0 Å². The van der Waals surface area contributed by atoms with Gasteiger partial charge in [0.2, 0.25) is 0 Å². The molecule has 0 spiro atoms. The van der Waals surface area contributed by atoms with Crippen molar-refractivity contribution >= 4 is 5.97 Å². The Morgan fingerprint density at radius 2 is 2.11 bits per heavy atom. The smallest absolute Gasteiger partial charge is 0.325 e. The van der Waals surface area contributed by atoms with Gasteiger partial charge in [-0.25, -0.2) is 0 Å². The Hall–Kier alpha value is -0.650. The molecule has 5 nitrogen and oxygen atoms in total. The number of carboxylic acids is 1. The first-order valence-electron chi connectivity index (χ1n) is 7.27. The molecule has 2 rings (SSSR count). The molecule has 1 unspecified atom stereocenters. The predicted octanol–water partition coefficient (Wildman–Crippen LogP) is 0.798. The van der Waals surface area contributed by atoms with Gasteiger partial charge >= 0.3 is 5.97 Å². The SMILES string of the molecule is CNC(CN(C)CCOCC1CC1)(C(=O)O)C1CC1. The molecule has 0 aromatic heterocycles. The summed E-state index contributed by atoms with van der Waals surface area (Å²) in [6, 6.07) is 0. The topological polar surface area (TPSA) is 61.8 Å². The number of ether oxygens (including phenoxy) is 1. The summed E-state index contributed by atoms with van der Waals surface area (Å²) in [6.45, 7) is 2.89. The molecule has 2 N–H and O–H groups in total. The lowest BCUT2D eigenvalue weighted by molar-refractivity contribution is -0.146. The molecule has 2 aliphatic carbocycles. The third-order valence-electron chi connectivity index (χ3n) is 4.29. The molecule has 0 radical (unpaired) electrons. The van der Waals surface area contributed by atoms with Crippen LogP contribution in [-0.4, -0.2) is 61.9 Å². The molecule has 0 aromatic carbocycles. The maximum Gasteiger partial charge on any atom is 0.325 e. The summed E-state index contributed by atoms with van der Waals surface area (Å²) >= 11 is 0. The van der Waals surface area contributed by atoms with Crippen molar-refractivity contribution in [1.29, 1.82) is 0 Å². The van der Waals surface area contributed by atoms with Crippen LogP contribution in [0.2, 0.25) is 0 Å². The van der Waals surface area contributed by atoms with Crippen LogP contribution in [-0.2, 0) is 9.53 Å². The monoisotopic (exact) mass is 270 g/mol. The molecule has 19 heavy (non-hydrogen) atoms. The van der Waals surface area contributed by atoms with Crippen LogP contribution in [0.15, 0.2) is 0 Å². The van der Waals surface area contributed by atoms with E-state index >= 15 is 0 Å². The van der Waals surface area contributed by atoms with E-state index in [0.29, 0.717) is 13.2 Å². The normalized spacial score (nSPS) is 22.5. The van der Waals surface area contributed by atoms with Gasteiger partial charge < -0.3 is 20.1 Å². The number of carbonyl (C=O) groups is 1. The maximum absolute atomic E-state index is 11.6. The number of aliphatic carboxylic acids is 1. The van der Waals surface area contributed by atoms with E-state index in [0.717, 1.165) is 31.9 Å². The molecular weight excluding hydrogens is 244 g/mol. The van der Waals surface area contributed by atoms with Crippen molar-refractivity contribution in [3.63, 3.8) is 0 Å². The highest BCUT2D eigenvalue weighted by Crippen LogP contribution is 2.40. The molecule has 1 atom stereocenters. The molecule has 0 saturated heterocycles. The fourth-order valence-electron chi connectivity index (χ4n) is 2.60. The van der Waals surface area contributed by atoms with E-state index in [1.807, 2.05) is 7.05 Å². The summed E-state index contributed by atoms with van der Waals surface area (Å²) in [6.07, 6.45) is 4.64. The van der Waals surface area contributed by atoms with Gasteiger partial charge in [-0.05, 0) is 51.6 Å². The van der Waals surface area contributed by atoms with Crippen LogP contribution in [0.4, 0.5) is 0 Å². The molecule has 2 aliphatic rings. The lowest BCUT2D eigenvalue weighted by atomic mass is 9.93. The van der Waals surface area contributed by atoms with E-state index in [2.05, 4.69) is 10.2 Å². The van der Waals surface area contributed by atoms with Crippen molar-refractivity contribution in [3.8, 4) is 0 Å². The van der Waals surface area contributed by atoms with Crippen LogP contribution in [0, 0.1) is 11.8 Å². The average Bonchev–Trinajstić information content (AvgIpc) is 3.24. The zero-order valence-electron chi connectivity index (χ0n) is 12.0. The molecule has 2 saturated carbocycles. The average molecular weight is 270 g/mol. The summed E-state index contributed by atoms with van der Waals surface area (Å²) < 4.78 is 5.60. The Morgan fingerprint density at radius 1 is 1.42 bits per heavy atom. The molecule has 0 aromatic rings. The van der Waals surface area contributed by atoms with Gasteiger partial charge in [0.1, 0.15) is 5.54 Å². The third-order valence-corrected chi connectivity index (χ3v) is 4.29. The Kier molecular flexibility index (Phi) is 4.81. The summed E-state index contributed by atoms with van der Waals surface area (Å²) in [5, 5.41) is 12.6. The predicted molar refractivity (Wildman–Crippen MR) is 73.2 cm³/mol. The summed E-state index contributed by atoms with van der Waals surface area (Å²) in [5.41, 5.74) is -0.786. The molecule has 2 fully saturated rings. The molecule has 0 bridgehead atoms. The summed E-state index contributed by atoms with van der Waals surface area (Å²) in [7, 11) is 3.72. The van der Waals surface area contributed by atoms with Gasteiger partial charge in [-0.3, -0.25) is 4.79 Å². The second kappa shape index (κ2) is 6.20. The number of nitrogens with one attached hydrogen (secondary N) is 1. The highest BCUT2D eigenvalue weighted by Gasteiger charge is 2.50. The van der Waals surface area contributed by atoms with Crippen molar-refractivity contribution in [2.24, 2.45) is 11.8 Å². The quantitative estimate of drug-likeness (QED) is 0.575. The second-order valence-electron chi connectivity index (χ2n) is 6.06. The molecule has 0 heterocycles. The number of rotatable bonds is 10. The van der Waals surface area contributed by atoms with Crippen LogP contribution in [0.3, 0.4) is 0 Å². The fraction of sp³-hybridized carbons (Fsp3) is 0.929. The van der Waals surface area contributed by atoms with E-state index in [-0.39, 0.29) is 5.92 Å². The Balaban J connectivity index is 1.73. The molecular formula is C14H26N2O3. The van der Waals surface area contributed by atoms with Gasteiger partial charge in [0, 0.05) is 19.7 Å². The molecule has 0 amide bonds.